The largest absolute Gasteiger partial charge is 0.398 e. The summed E-state index contributed by atoms with van der Waals surface area (Å²) in [6, 6.07) is 5.42. The number of nitrogen functional groups attached to an aromatic ring is 2. The van der Waals surface area contributed by atoms with E-state index in [9.17, 15) is 0 Å². The van der Waals surface area contributed by atoms with E-state index in [-0.39, 0.29) is 5.95 Å². The fraction of sp³-hybridized carbons (Fsp3) is 0.250. The predicted molar refractivity (Wildman–Crippen MR) is 84.0 cm³/mol. The minimum Gasteiger partial charge on any atom is -0.398 e. The van der Waals surface area contributed by atoms with Crippen molar-refractivity contribution < 1.29 is 0 Å². The van der Waals surface area contributed by atoms with Crippen LogP contribution in [0, 0.1) is 0 Å². The molecule has 4 N–H and O–H groups in total. The molecule has 8 heteroatoms. The Balaban J connectivity index is 2.19. The maximum atomic E-state index is 6.12. The number of anilines is 3. The van der Waals surface area contributed by atoms with E-state index in [1.54, 1.807) is 17.0 Å². The van der Waals surface area contributed by atoms with Crippen LogP contribution in [0.2, 0.25) is 5.02 Å². The van der Waals surface area contributed by atoms with E-state index in [4.69, 9.17) is 23.1 Å². The summed E-state index contributed by atoms with van der Waals surface area (Å²) >= 11 is 7.59. The number of thioether (sulfide) groups is 1. The Kier molecular flexibility index (Phi) is 4.51. The molecular weight excluding hydrogens is 296 g/mol. The monoisotopic (exact) mass is 310 g/mol. The first kappa shape index (κ1) is 14.7. The molecule has 0 fully saturated rings. The van der Waals surface area contributed by atoms with Gasteiger partial charge in [0.2, 0.25) is 11.9 Å². The quantitative estimate of drug-likeness (QED) is 0.659. The molecule has 1 aromatic heterocycles. The second-order valence-electron chi connectivity index (χ2n) is 4.25. The lowest BCUT2D eigenvalue weighted by molar-refractivity contribution is 0.919. The number of rotatable bonds is 4. The highest BCUT2D eigenvalue weighted by Crippen LogP contribution is 2.34. The first-order valence-electron chi connectivity index (χ1n) is 5.82. The maximum Gasteiger partial charge on any atom is 0.229 e. The minimum absolute atomic E-state index is 0.200. The molecule has 2 rings (SSSR count). The Morgan fingerprint density at radius 3 is 2.60 bits per heavy atom. The second kappa shape index (κ2) is 6.15. The van der Waals surface area contributed by atoms with Gasteiger partial charge in [-0.1, -0.05) is 17.7 Å². The van der Waals surface area contributed by atoms with Crippen molar-refractivity contribution in [3.8, 4) is 0 Å². The molecule has 0 radical (unpaired) electrons. The average molecular weight is 311 g/mol. The van der Waals surface area contributed by atoms with Gasteiger partial charge < -0.3 is 16.4 Å². The van der Waals surface area contributed by atoms with Crippen LogP contribution < -0.4 is 16.4 Å². The maximum absolute atomic E-state index is 6.12. The number of halogens is 1. The highest BCUT2D eigenvalue weighted by molar-refractivity contribution is 7.98. The van der Waals surface area contributed by atoms with Gasteiger partial charge in [-0.05, 0) is 12.1 Å². The molecule has 6 nitrogen and oxygen atoms in total. The van der Waals surface area contributed by atoms with Gasteiger partial charge in [0.1, 0.15) is 5.82 Å². The van der Waals surface area contributed by atoms with Crippen molar-refractivity contribution >= 4 is 40.9 Å². The molecule has 0 saturated heterocycles. The summed E-state index contributed by atoms with van der Waals surface area (Å²) in [4.78, 5) is 15.1. The molecule has 1 heterocycles. The van der Waals surface area contributed by atoms with Gasteiger partial charge in [-0.3, -0.25) is 0 Å². The zero-order chi connectivity index (χ0) is 14.7. The summed E-state index contributed by atoms with van der Waals surface area (Å²) < 4.78 is 0. The highest BCUT2D eigenvalue weighted by Gasteiger charge is 2.10. The minimum atomic E-state index is 0.200. The van der Waals surface area contributed by atoms with E-state index in [0.29, 0.717) is 28.2 Å². The van der Waals surface area contributed by atoms with Crippen LogP contribution >= 0.6 is 23.4 Å². The van der Waals surface area contributed by atoms with Crippen molar-refractivity contribution in [2.24, 2.45) is 0 Å². The second-order valence-corrected chi connectivity index (χ2v) is 5.64. The molecule has 2 aromatic rings. The van der Waals surface area contributed by atoms with Gasteiger partial charge in [0.25, 0.3) is 0 Å². The third kappa shape index (κ3) is 3.43. The number of benzene rings is 1. The third-order valence-electron chi connectivity index (χ3n) is 2.43. The topological polar surface area (TPSA) is 94.0 Å². The number of nitrogens with two attached hydrogens (primary N) is 2. The lowest BCUT2D eigenvalue weighted by atomic mass is 10.3. The van der Waals surface area contributed by atoms with Crippen molar-refractivity contribution in [2.75, 3.05) is 30.5 Å². The predicted octanol–water partition coefficient (Wildman–Crippen LogP) is 2.05. The molecule has 0 bridgehead atoms. The van der Waals surface area contributed by atoms with E-state index in [2.05, 4.69) is 15.0 Å². The average Bonchev–Trinajstić information content (AvgIpc) is 2.37. The van der Waals surface area contributed by atoms with E-state index in [1.165, 1.54) is 11.8 Å². The highest BCUT2D eigenvalue weighted by atomic mass is 35.5. The Morgan fingerprint density at radius 2 is 1.95 bits per heavy atom. The Morgan fingerprint density at radius 1 is 1.20 bits per heavy atom. The summed E-state index contributed by atoms with van der Waals surface area (Å²) in [6.07, 6.45) is 0. The molecular formula is C12H15ClN6S. The van der Waals surface area contributed by atoms with E-state index < -0.39 is 0 Å². The van der Waals surface area contributed by atoms with Crippen LogP contribution in [0.4, 0.5) is 17.6 Å². The molecule has 0 saturated carbocycles. The van der Waals surface area contributed by atoms with E-state index in [0.717, 1.165) is 4.90 Å². The standard InChI is InChI=1S/C12H15ClN6S/c1-19(2)12-17-9(16-11(15)18-12)6-20-10-7(13)4-3-5-8(10)14/h3-5H,6,14H2,1-2H3,(H2,15,16,17,18). The summed E-state index contributed by atoms with van der Waals surface area (Å²) in [6.45, 7) is 0. The van der Waals surface area contributed by atoms with Crippen molar-refractivity contribution in [3.05, 3.63) is 29.0 Å². The SMILES string of the molecule is CN(C)c1nc(N)nc(CSc2c(N)cccc2Cl)n1. The first-order chi connectivity index (χ1) is 9.47. The molecule has 0 aliphatic rings. The summed E-state index contributed by atoms with van der Waals surface area (Å²) in [5.74, 6) is 1.83. The van der Waals surface area contributed by atoms with Crippen LogP contribution in [0.15, 0.2) is 23.1 Å². The molecule has 0 spiro atoms. The van der Waals surface area contributed by atoms with Gasteiger partial charge in [0.05, 0.1) is 10.8 Å². The van der Waals surface area contributed by atoms with Gasteiger partial charge in [-0.15, -0.1) is 11.8 Å². The number of hydrogen-bond donors (Lipinski definition) is 2. The number of hydrogen-bond acceptors (Lipinski definition) is 7. The molecule has 20 heavy (non-hydrogen) atoms. The molecule has 1 aromatic carbocycles. The molecule has 106 valence electrons. The van der Waals surface area contributed by atoms with Crippen LogP contribution in [0.1, 0.15) is 5.82 Å². The smallest absolute Gasteiger partial charge is 0.229 e. The van der Waals surface area contributed by atoms with Gasteiger partial charge in [-0.25, -0.2) is 0 Å². The van der Waals surface area contributed by atoms with Gasteiger partial charge in [-0.2, -0.15) is 15.0 Å². The normalized spacial score (nSPS) is 10.6. The number of nitrogens with zero attached hydrogens (tertiary/aromatic N) is 4. The van der Waals surface area contributed by atoms with Crippen LogP contribution in [0.3, 0.4) is 0 Å². The fourth-order valence-corrected chi connectivity index (χ4v) is 2.69. The lowest BCUT2D eigenvalue weighted by Crippen LogP contribution is -2.15. The molecule has 0 unspecified atom stereocenters. The summed E-state index contributed by atoms with van der Waals surface area (Å²) in [7, 11) is 3.69. The van der Waals surface area contributed by atoms with Gasteiger partial charge in [0, 0.05) is 24.7 Å². The van der Waals surface area contributed by atoms with Crippen LogP contribution in [-0.4, -0.2) is 29.0 Å². The van der Waals surface area contributed by atoms with Crippen molar-refractivity contribution in [1.29, 1.82) is 0 Å². The zero-order valence-corrected chi connectivity index (χ0v) is 12.7. The Bertz CT molecular complexity index is 599. The summed E-state index contributed by atoms with van der Waals surface area (Å²) in [5.41, 5.74) is 12.2. The van der Waals surface area contributed by atoms with Crippen LogP contribution in [-0.2, 0) is 5.75 Å². The van der Waals surface area contributed by atoms with Crippen molar-refractivity contribution in [3.63, 3.8) is 0 Å². The van der Waals surface area contributed by atoms with E-state index in [1.807, 2.05) is 20.2 Å². The lowest BCUT2D eigenvalue weighted by Gasteiger charge is -2.12. The fourth-order valence-electron chi connectivity index (χ4n) is 1.50. The Labute approximate surface area is 126 Å². The zero-order valence-electron chi connectivity index (χ0n) is 11.2. The van der Waals surface area contributed by atoms with Crippen LogP contribution in [0.25, 0.3) is 0 Å². The molecule has 0 atom stereocenters. The molecule has 0 aliphatic carbocycles. The van der Waals surface area contributed by atoms with Gasteiger partial charge in [0.15, 0.2) is 0 Å². The molecule has 0 aliphatic heterocycles. The Hall–Kier alpha value is -1.73. The third-order valence-corrected chi connectivity index (χ3v) is 4.00. The van der Waals surface area contributed by atoms with Crippen molar-refractivity contribution in [1.82, 2.24) is 15.0 Å². The molecule has 0 amide bonds. The van der Waals surface area contributed by atoms with Crippen LogP contribution in [0.5, 0.6) is 0 Å². The van der Waals surface area contributed by atoms with Gasteiger partial charge >= 0.3 is 0 Å². The van der Waals surface area contributed by atoms with Crippen molar-refractivity contribution in [2.45, 2.75) is 10.6 Å². The van der Waals surface area contributed by atoms with E-state index >= 15 is 0 Å². The first-order valence-corrected chi connectivity index (χ1v) is 7.18. The number of aromatic nitrogens is 3. The summed E-state index contributed by atoms with van der Waals surface area (Å²) in [5, 5.41) is 0.616.